The Labute approximate surface area is 192 Å². The molecule has 4 heterocycles. The van der Waals surface area contributed by atoms with E-state index in [2.05, 4.69) is 15.2 Å². The summed E-state index contributed by atoms with van der Waals surface area (Å²) in [5.41, 5.74) is 6.62. The summed E-state index contributed by atoms with van der Waals surface area (Å²) in [6, 6.07) is 6.91. The number of alkyl halides is 3. The van der Waals surface area contributed by atoms with Crippen molar-refractivity contribution in [3.8, 4) is 17.3 Å². The van der Waals surface area contributed by atoms with Crippen LogP contribution in [-0.4, -0.2) is 56.4 Å². The zero-order valence-electron chi connectivity index (χ0n) is 18.5. The van der Waals surface area contributed by atoms with Gasteiger partial charge in [0.2, 0.25) is 0 Å². The van der Waals surface area contributed by atoms with Crippen molar-refractivity contribution in [3.05, 3.63) is 54.0 Å². The van der Waals surface area contributed by atoms with E-state index in [9.17, 15) is 17.6 Å². The molecule has 0 aliphatic carbocycles. The Morgan fingerprint density at radius 2 is 1.94 bits per heavy atom. The number of likely N-dealkylation sites (tertiary alicyclic amines) is 1. The highest BCUT2D eigenvalue weighted by Gasteiger charge is 2.48. The molecule has 1 saturated heterocycles. The summed E-state index contributed by atoms with van der Waals surface area (Å²) in [7, 11) is 1.41. The predicted octanol–water partition coefficient (Wildman–Crippen LogP) is 4.12. The number of aromatic nitrogens is 4. The smallest absolute Gasteiger partial charge is 0.408 e. The van der Waals surface area contributed by atoms with Crippen LogP contribution in [0.15, 0.2) is 42.6 Å². The quantitative estimate of drug-likeness (QED) is 0.448. The Kier molecular flexibility index (Phi) is 5.21. The lowest BCUT2D eigenvalue weighted by Gasteiger charge is -2.31. The largest absolute Gasteiger partial charge is 0.494 e. The number of benzene rings is 1. The molecule has 1 aliphatic heterocycles. The van der Waals surface area contributed by atoms with Crippen LogP contribution in [0.25, 0.3) is 28.1 Å². The Morgan fingerprint density at radius 1 is 1.15 bits per heavy atom. The molecule has 3 aromatic heterocycles. The molecule has 7 nitrogen and oxygen atoms in total. The first-order valence-electron chi connectivity index (χ1n) is 10.6. The lowest BCUT2D eigenvalue weighted by atomic mass is 10.0. The first-order chi connectivity index (χ1) is 16.1. The van der Waals surface area contributed by atoms with E-state index in [0.29, 0.717) is 28.7 Å². The summed E-state index contributed by atoms with van der Waals surface area (Å²) >= 11 is 0. The van der Waals surface area contributed by atoms with E-state index in [1.807, 2.05) is 0 Å². The monoisotopic (exact) mass is 474 g/mol. The summed E-state index contributed by atoms with van der Waals surface area (Å²) in [4.78, 5) is 5.90. The number of nitrogens with zero attached hydrogens (tertiary/aromatic N) is 5. The number of rotatable bonds is 4. The van der Waals surface area contributed by atoms with Crippen LogP contribution in [0.5, 0.6) is 5.75 Å². The molecule has 0 amide bonds. The molecule has 1 aromatic carbocycles. The fourth-order valence-corrected chi connectivity index (χ4v) is 4.54. The number of methoxy groups -OCH3 is 1. The molecule has 0 radical (unpaired) electrons. The Balaban J connectivity index is 1.62. The summed E-state index contributed by atoms with van der Waals surface area (Å²) in [6.45, 7) is 2.13. The van der Waals surface area contributed by atoms with Gasteiger partial charge in [0.15, 0.2) is 11.5 Å². The topological polar surface area (TPSA) is 81.6 Å². The van der Waals surface area contributed by atoms with Gasteiger partial charge in [0.1, 0.15) is 28.8 Å². The number of nitrogens with two attached hydrogens (primary N) is 1. The van der Waals surface area contributed by atoms with Crippen LogP contribution in [0.2, 0.25) is 0 Å². The molecule has 1 fully saturated rings. The van der Waals surface area contributed by atoms with E-state index >= 15 is 0 Å². The third kappa shape index (κ3) is 3.94. The van der Waals surface area contributed by atoms with Gasteiger partial charge in [-0.2, -0.15) is 13.2 Å². The van der Waals surface area contributed by atoms with Crippen molar-refractivity contribution in [1.82, 2.24) is 24.5 Å². The van der Waals surface area contributed by atoms with Crippen LogP contribution in [0, 0.1) is 5.82 Å². The van der Waals surface area contributed by atoms with Gasteiger partial charge in [-0.25, -0.2) is 9.37 Å². The minimum atomic E-state index is -4.50. The lowest BCUT2D eigenvalue weighted by molar-refractivity contribution is -0.184. The summed E-state index contributed by atoms with van der Waals surface area (Å²) < 4.78 is 63.1. The second-order valence-electron chi connectivity index (χ2n) is 8.91. The zero-order valence-corrected chi connectivity index (χ0v) is 18.5. The maximum absolute atomic E-state index is 14.2. The molecule has 2 N–H and O–H groups in total. The average molecular weight is 474 g/mol. The Morgan fingerprint density at radius 3 is 2.62 bits per heavy atom. The minimum absolute atomic E-state index is 0.0548. The van der Waals surface area contributed by atoms with Crippen LogP contribution >= 0.6 is 0 Å². The molecule has 5 rings (SSSR count). The normalized spacial score (nSPS) is 20.3. The van der Waals surface area contributed by atoms with Crippen molar-refractivity contribution in [2.45, 2.75) is 31.1 Å². The molecule has 0 unspecified atom stereocenters. The molecule has 0 bridgehead atoms. The Hall–Kier alpha value is -3.31. The Bertz CT molecular complexity index is 1380. The van der Waals surface area contributed by atoms with Crippen LogP contribution in [0.4, 0.5) is 17.6 Å². The number of hydrogen-bond acceptors (Lipinski definition) is 6. The van der Waals surface area contributed by atoms with E-state index in [-0.39, 0.29) is 30.2 Å². The second-order valence-corrected chi connectivity index (χ2v) is 8.91. The number of ether oxygens (including phenoxy) is 1. The lowest BCUT2D eigenvalue weighted by Crippen LogP contribution is -2.43. The maximum Gasteiger partial charge on any atom is 0.408 e. The van der Waals surface area contributed by atoms with Gasteiger partial charge in [-0.1, -0.05) is 12.1 Å². The fraction of sp³-hybridized carbons (Fsp3) is 0.348. The number of fused-ring (bicyclic) bond motifs is 2. The number of hydrogen-bond donors (Lipinski definition) is 1. The highest BCUT2D eigenvalue weighted by atomic mass is 19.4. The van der Waals surface area contributed by atoms with E-state index < -0.39 is 23.6 Å². The van der Waals surface area contributed by atoms with Crippen molar-refractivity contribution in [3.63, 3.8) is 0 Å². The maximum atomic E-state index is 14.2. The van der Waals surface area contributed by atoms with Crippen molar-refractivity contribution in [2.75, 3.05) is 20.2 Å². The molecule has 11 heteroatoms. The van der Waals surface area contributed by atoms with Gasteiger partial charge in [0.05, 0.1) is 7.11 Å². The van der Waals surface area contributed by atoms with Gasteiger partial charge >= 0.3 is 6.18 Å². The van der Waals surface area contributed by atoms with Crippen LogP contribution in [0.1, 0.15) is 24.9 Å². The van der Waals surface area contributed by atoms with E-state index in [4.69, 9.17) is 10.5 Å². The van der Waals surface area contributed by atoms with Crippen molar-refractivity contribution in [2.24, 2.45) is 5.73 Å². The van der Waals surface area contributed by atoms with Gasteiger partial charge in [-0.05, 0) is 37.1 Å². The molecule has 4 aromatic rings. The molecule has 0 spiro atoms. The van der Waals surface area contributed by atoms with Crippen molar-refractivity contribution >= 4 is 16.6 Å². The summed E-state index contributed by atoms with van der Waals surface area (Å²) in [5, 5.41) is 8.75. The SMILES string of the molecule is COc1cc(F)cc2ccc(-c3nnc4ccc([C@@H](N5CC[C@](C)(N)C5)C(F)(F)F)cn34)nc12. The van der Waals surface area contributed by atoms with Gasteiger partial charge in [-0.3, -0.25) is 9.30 Å². The first-order valence-corrected chi connectivity index (χ1v) is 10.6. The highest BCUT2D eigenvalue weighted by molar-refractivity contribution is 5.86. The third-order valence-corrected chi connectivity index (χ3v) is 6.12. The van der Waals surface area contributed by atoms with E-state index in [0.717, 1.165) is 0 Å². The predicted molar refractivity (Wildman–Crippen MR) is 118 cm³/mol. The van der Waals surface area contributed by atoms with Gasteiger partial charge in [0, 0.05) is 36.3 Å². The third-order valence-electron chi connectivity index (χ3n) is 6.12. The molecule has 1 aliphatic rings. The molecular formula is C23H22F4N6O. The second kappa shape index (κ2) is 7.88. The fourth-order valence-electron chi connectivity index (χ4n) is 4.54. The van der Waals surface area contributed by atoms with Crippen LogP contribution in [0.3, 0.4) is 0 Å². The summed E-state index contributed by atoms with van der Waals surface area (Å²) in [6.07, 6.45) is -2.63. The van der Waals surface area contributed by atoms with Crippen molar-refractivity contribution in [1.29, 1.82) is 0 Å². The summed E-state index contributed by atoms with van der Waals surface area (Å²) in [5.74, 6) is 0.0312. The number of halogens is 4. The molecule has 178 valence electrons. The molecular weight excluding hydrogens is 452 g/mol. The molecule has 2 atom stereocenters. The number of pyridine rings is 2. The van der Waals surface area contributed by atoms with Crippen LogP contribution in [-0.2, 0) is 0 Å². The zero-order chi connectivity index (χ0) is 24.3. The van der Waals surface area contributed by atoms with E-state index in [1.54, 1.807) is 19.1 Å². The standard InChI is InChI=1S/C23H22F4N6O/c1-22(28)7-8-32(12-22)20(23(25,26)27)14-4-6-18-30-31-21(33(18)11-14)16-5-3-13-9-15(24)10-17(34-2)19(13)29-16/h3-6,9-11,20H,7-8,12,28H2,1-2H3/t20-,22+/m1/s1. The van der Waals surface area contributed by atoms with Gasteiger partial charge in [0.25, 0.3) is 0 Å². The molecule has 0 saturated carbocycles. The molecule has 34 heavy (non-hydrogen) atoms. The van der Waals surface area contributed by atoms with Gasteiger partial charge < -0.3 is 10.5 Å². The van der Waals surface area contributed by atoms with E-state index in [1.165, 1.54) is 46.9 Å². The van der Waals surface area contributed by atoms with Crippen molar-refractivity contribution < 1.29 is 22.3 Å². The van der Waals surface area contributed by atoms with Gasteiger partial charge in [-0.15, -0.1) is 10.2 Å². The van der Waals surface area contributed by atoms with Crippen LogP contribution < -0.4 is 10.5 Å². The first kappa shape index (κ1) is 22.5. The average Bonchev–Trinajstić information content (AvgIpc) is 3.34. The highest BCUT2D eigenvalue weighted by Crippen LogP contribution is 2.41. The minimum Gasteiger partial charge on any atom is -0.494 e.